The number of aliphatic imine (C=N–C) groups is 1. The van der Waals surface area contributed by atoms with Gasteiger partial charge >= 0.3 is 12.2 Å². The van der Waals surface area contributed by atoms with E-state index in [2.05, 4.69) is 15.6 Å². The van der Waals surface area contributed by atoms with E-state index in [9.17, 15) is 22.8 Å². The third kappa shape index (κ3) is 5.30. The lowest BCUT2D eigenvalue weighted by molar-refractivity contribution is -0.136. The number of aromatic amines is 1. The predicted molar refractivity (Wildman–Crippen MR) is 135 cm³/mol. The zero-order chi connectivity index (χ0) is 25.9. The number of rotatable bonds is 5. The van der Waals surface area contributed by atoms with Crippen LogP contribution in [0.4, 0.5) is 35.0 Å². The normalized spacial score (nSPS) is 12.0. The Morgan fingerprint density at radius 3 is 2.44 bits per heavy atom. The van der Waals surface area contributed by atoms with E-state index in [4.69, 9.17) is 4.99 Å². The number of hydrogen-bond acceptors (Lipinski definition) is 3. The number of anilines is 2. The number of aryl methyl sites for hydroxylation is 1. The highest BCUT2D eigenvalue weighted by molar-refractivity contribution is 6.07. The second-order valence-corrected chi connectivity index (χ2v) is 8.10. The van der Waals surface area contributed by atoms with Crippen LogP contribution in [0.1, 0.15) is 30.0 Å². The van der Waals surface area contributed by atoms with Gasteiger partial charge in [0.2, 0.25) is 0 Å². The molecule has 0 fully saturated rings. The summed E-state index contributed by atoms with van der Waals surface area (Å²) in [6.07, 6.45) is -4.13. The molecule has 1 aliphatic heterocycles. The highest BCUT2D eigenvalue weighted by Gasteiger charge is 2.33. The van der Waals surface area contributed by atoms with Crippen molar-refractivity contribution in [3.63, 3.8) is 0 Å². The van der Waals surface area contributed by atoms with Gasteiger partial charge in [-0.05, 0) is 49.2 Å². The van der Waals surface area contributed by atoms with E-state index in [1.165, 1.54) is 18.2 Å². The minimum atomic E-state index is -4.61. The maximum atomic E-state index is 13.2. The fourth-order valence-electron chi connectivity index (χ4n) is 3.86. The number of halogens is 3. The van der Waals surface area contributed by atoms with E-state index >= 15 is 0 Å². The van der Waals surface area contributed by atoms with Crippen molar-refractivity contribution < 1.29 is 18.0 Å². The summed E-state index contributed by atoms with van der Waals surface area (Å²) in [6, 6.07) is 18.1. The van der Waals surface area contributed by atoms with Gasteiger partial charge in [-0.1, -0.05) is 49.4 Å². The number of fused-ring (bicyclic) bond motifs is 1. The Kier molecular flexibility index (Phi) is 6.91. The molecule has 2 amide bonds. The number of para-hydroxylation sites is 1. The lowest BCUT2D eigenvalue weighted by atomic mass is 10.0. The largest absolute Gasteiger partial charge is 0.418 e. The lowest BCUT2D eigenvalue weighted by Gasteiger charge is -2.14. The molecule has 36 heavy (non-hydrogen) atoms. The Bertz CT molecular complexity index is 1470. The number of carbonyl (C=O) groups is 1. The first kappa shape index (κ1) is 24.7. The van der Waals surface area contributed by atoms with E-state index in [1.54, 1.807) is 18.2 Å². The summed E-state index contributed by atoms with van der Waals surface area (Å²) in [7, 11) is 0. The summed E-state index contributed by atoms with van der Waals surface area (Å²) in [5.74, 6) is 0. The van der Waals surface area contributed by atoms with Crippen LogP contribution in [-0.2, 0) is 6.18 Å². The molecule has 3 N–H and O–H groups in total. The summed E-state index contributed by atoms with van der Waals surface area (Å²) < 4.78 is 39.7. The van der Waals surface area contributed by atoms with Gasteiger partial charge in [0, 0.05) is 16.9 Å². The van der Waals surface area contributed by atoms with Crippen molar-refractivity contribution >= 4 is 28.8 Å². The number of nitrogens with one attached hydrogen (secondary N) is 3. The van der Waals surface area contributed by atoms with E-state index in [0.29, 0.717) is 34.8 Å². The molecule has 2 aromatic carbocycles. The first-order chi connectivity index (χ1) is 17.2. The molecule has 1 aliphatic carbocycles. The number of alkyl halides is 3. The average Bonchev–Trinajstić information content (AvgIpc) is 2.97. The van der Waals surface area contributed by atoms with Gasteiger partial charge < -0.3 is 15.6 Å². The van der Waals surface area contributed by atoms with Gasteiger partial charge in [-0.15, -0.1) is 0 Å². The van der Waals surface area contributed by atoms with Gasteiger partial charge in [-0.2, -0.15) is 13.2 Å². The standard InChI is InChI=1S/C27H23F3N4O2/c1-3-20(24-18-9-5-4-6-11-21(18)33-25(24)35)32-23-15-17(14-13-16(23)2)31-26(36)34-22-12-8-7-10-19(22)27(28,29)30/h4-15H,3H2,1-2H3,(H,33,35)(H2,31,34,36). The first-order valence-corrected chi connectivity index (χ1v) is 11.2. The fourth-order valence-corrected chi connectivity index (χ4v) is 3.86. The Morgan fingerprint density at radius 2 is 1.69 bits per heavy atom. The van der Waals surface area contributed by atoms with E-state index in [0.717, 1.165) is 17.2 Å². The number of amides is 2. The van der Waals surface area contributed by atoms with Gasteiger partial charge in [0.1, 0.15) is 0 Å². The van der Waals surface area contributed by atoms with Crippen molar-refractivity contribution in [3.8, 4) is 11.3 Å². The topological polar surface area (TPSA) is 86.3 Å². The van der Waals surface area contributed by atoms with Crippen LogP contribution in [0.15, 0.2) is 82.6 Å². The van der Waals surface area contributed by atoms with Gasteiger partial charge in [-0.3, -0.25) is 9.79 Å². The summed E-state index contributed by atoms with van der Waals surface area (Å²) in [6.45, 7) is 3.73. The number of carbonyl (C=O) groups excluding carboxylic acids is 1. The maximum Gasteiger partial charge on any atom is 0.418 e. The second kappa shape index (κ2) is 10.1. The molecule has 2 aliphatic rings. The number of benzene rings is 2. The average molecular weight is 493 g/mol. The van der Waals surface area contributed by atoms with Gasteiger partial charge in [0.05, 0.1) is 28.2 Å². The van der Waals surface area contributed by atoms with Gasteiger partial charge in [0.25, 0.3) is 5.56 Å². The minimum absolute atomic E-state index is 0.244. The van der Waals surface area contributed by atoms with Crippen molar-refractivity contribution in [2.75, 3.05) is 10.6 Å². The molecule has 184 valence electrons. The Morgan fingerprint density at radius 1 is 0.972 bits per heavy atom. The third-order valence-electron chi connectivity index (χ3n) is 5.61. The predicted octanol–water partition coefficient (Wildman–Crippen LogP) is 6.98. The molecule has 0 bridgehead atoms. The number of urea groups is 1. The minimum Gasteiger partial charge on any atom is -0.321 e. The SMILES string of the molecule is CCC(=Nc1cc(NC(=O)Nc2ccccc2C(F)(F)F)ccc1C)c1c2cccccc-2[nH]c1=O. The summed E-state index contributed by atoms with van der Waals surface area (Å²) in [5.41, 5.74) is 2.62. The van der Waals surface area contributed by atoms with Crippen LogP contribution in [0, 0.1) is 6.92 Å². The molecule has 9 heteroatoms. The van der Waals surface area contributed by atoms with Crippen LogP contribution in [0.25, 0.3) is 11.3 Å². The smallest absolute Gasteiger partial charge is 0.321 e. The van der Waals surface area contributed by atoms with E-state index < -0.39 is 17.8 Å². The maximum absolute atomic E-state index is 13.2. The number of hydrogen-bond donors (Lipinski definition) is 3. The van der Waals surface area contributed by atoms with Crippen LogP contribution in [0.2, 0.25) is 0 Å². The third-order valence-corrected chi connectivity index (χ3v) is 5.61. The Labute approximate surface area is 205 Å². The second-order valence-electron chi connectivity index (χ2n) is 8.10. The summed E-state index contributed by atoms with van der Waals surface area (Å²) in [5, 5.41) is 4.81. The first-order valence-electron chi connectivity index (χ1n) is 11.2. The van der Waals surface area contributed by atoms with Crippen LogP contribution in [0.5, 0.6) is 0 Å². The molecule has 0 radical (unpaired) electrons. The highest BCUT2D eigenvalue weighted by Crippen LogP contribution is 2.34. The zero-order valence-electron chi connectivity index (χ0n) is 19.5. The molecule has 0 unspecified atom stereocenters. The van der Waals surface area contributed by atoms with Crippen LogP contribution in [-0.4, -0.2) is 16.7 Å². The molecule has 0 saturated carbocycles. The number of aromatic nitrogens is 1. The van der Waals surface area contributed by atoms with Gasteiger partial charge in [-0.25, -0.2) is 4.79 Å². The molecular formula is C27H23F3N4O2. The molecule has 6 nitrogen and oxygen atoms in total. The number of H-pyrrole nitrogens is 1. The summed E-state index contributed by atoms with van der Waals surface area (Å²) >= 11 is 0. The molecule has 2 aromatic rings. The van der Waals surface area contributed by atoms with Crippen LogP contribution in [0.3, 0.4) is 0 Å². The molecule has 0 saturated heterocycles. The summed E-state index contributed by atoms with van der Waals surface area (Å²) in [4.78, 5) is 32.8. The molecule has 0 aromatic heterocycles. The highest BCUT2D eigenvalue weighted by atomic mass is 19.4. The Balaban J connectivity index is 1.62. The van der Waals surface area contributed by atoms with Crippen molar-refractivity contribution in [2.45, 2.75) is 26.4 Å². The van der Waals surface area contributed by atoms with Crippen molar-refractivity contribution in [1.82, 2.24) is 4.98 Å². The van der Waals surface area contributed by atoms with Crippen LogP contribution < -0.4 is 16.2 Å². The molecule has 1 heterocycles. The van der Waals surface area contributed by atoms with Crippen molar-refractivity contribution in [1.29, 1.82) is 0 Å². The molecule has 0 atom stereocenters. The number of nitrogens with zero attached hydrogens (tertiary/aromatic N) is 1. The Hall–Kier alpha value is -4.40. The van der Waals surface area contributed by atoms with Crippen LogP contribution >= 0.6 is 0 Å². The molecular weight excluding hydrogens is 469 g/mol. The van der Waals surface area contributed by atoms with Gasteiger partial charge in [0.15, 0.2) is 0 Å². The quantitative estimate of drug-likeness (QED) is 0.263. The monoisotopic (exact) mass is 492 g/mol. The molecule has 0 spiro atoms. The zero-order valence-corrected chi connectivity index (χ0v) is 19.5. The van der Waals surface area contributed by atoms with E-state index in [1.807, 2.05) is 44.2 Å². The van der Waals surface area contributed by atoms with Crippen molar-refractivity contribution in [2.24, 2.45) is 4.99 Å². The lowest BCUT2D eigenvalue weighted by Crippen LogP contribution is -2.21. The molecule has 4 rings (SSSR count). The van der Waals surface area contributed by atoms with E-state index in [-0.39, 0.29) is 11.2 Å². The van der Waals surface area contributed by atoms with Crippen molar-refractivity contribution in [3.05, 3.63) is 99.8 Å². The fraction of sp³-hybridized carbons (Fsp3) is 0.148.